The maximum atomic E-state index is 4.30. The summed E-state index contributed by atoms with van der Waals surface area (Å²) < 4.78 is 0. The van der Waals surface area contributed by atoms with Gasteiger partial charge in [-0.3, -0.25) is 0 Å². The summed E-state index contributed by atoms with van der Waals surface area (Å²) in [5.41, 5.74) is 4.91. The minimum absolute atomic E-state index is 0.169. The fraction of sp³-hybridized carbons (Fsp3) is 0.278. The van der Waals surface area contributed by atoms with Crippen molar-refractivity contribution in [3.63, 3.8) is 0 Å². The maximum absolute atomic E-state index is 4.30. The van der Waals surface area contributed by atoms with Crippen LogP contribution in [0.25, 0.3) is 0 Å². The van der Waals surface area contributed by atoms with Crippen molar-refractivity contribution in [2.75, 3.05) is 38.0 Å². The topological polar surface area (TPSA) is 6.48 Å². The molecule has 0 aliphatic heterocycles. The zero-order valence-corrected chi connectivity index (χ0v) is 12.8. The number of rotatable bonds is 4. The van der Waals surface area contributed by atoms with Gasteiger partial charge in [0.05, 0.1) is 0 Å². The van der Waals surface area contributed by atoms with Crippen LogP contribution in [-0.4, -0.2) is 28.2 Å². The Balaban J connectivity index is 2.19. The molecular formula is C18H23N2. The molecule has 0 heterocycles. The Bertz CT molecular complexity index is 487. The molecule has 2 heteroatoms. The Morgan fingerprint density at radius 3 is 1.20 bits per heavy atom. The molecule has 0 saturated carbocycles. The lowest BCUT2D eigenvalue weighted by atomic mass is 9.93. The predicted octanol–water partition coefficient (Wildman–Crippen LogP) is 3.78. The van der Waals surface area contributed by atoms with Crippen molar-refractivity contribution in [2.24, 2.45) is 0 Å². The molecule has 2 rings (SSSR count). The Hall–Kier alpha value is -1.96. The minimum atomic E-state index is 0.169. The summed E-state index contributed by atoms with van der Waals surface area (Å²) in [7, 11) is 8.21. The summed E-state index contributed by atoms with van der Waals surface area (Å²) in [6, 6.07) is 17.2. The van der Waals surface area contributed by atoms with Gasteiger partial charge in [0.1, 0.15) is 0 Å². The number of hydrogen-bond donors (Lipinski definition) is 0. The third-order valence-corrected chi connectivity index (χ3v) is 3.62. The van der Waals surface area contributed by atoms with E-state index in [4.69, 9.17) is 0 Å². The van der Waals surface area contributed by atoms with E-state index in [-0.39, 0.29) is 5.92 Å². The van der Waals surface area contributed by atoms with E-state index in [1.165, 1.54) is 22.5 Å². The second-order valence-corrected chi connectivity index (χ2v) is 5.52. The molecule has 2 nitrogen and oxygen atoms in total. The maximum Gasteiger partial charge on any atom is 0.0361 e. The van der Waals surface area contributed by atoms with Crippen LogP contribution in [0.1, 0.15) is 17.0 Å². The molecule has 0 N–H and O–H groups in total. The lowest BCUT2D eigenvalue weighted by Gasteiger charge is -2.17. The van der Waals surface area contributed by atoms with E-state index in [1.807, 2.05) is 0 Å². The molecule has 0 aromatic heterocycles. The summed E-state index contributed by atoms with van der Waals surface area (Å²) in [6.07, 6.45) is 0. The van der Waals surface area contributed by atoms with Gasteiger partial charge in [0, 0.05) is 45.5 Å². The molecular weight excluding hydrogens is 244 g/mol. The molecule has 0 aliphatic carbocycles. The van der Waals surface area contributed by atoms with E-state index in [9.17, 15) is 0 Å². The van der Waals surface area contributed by atoms with Gasteiger partial charge in [-0.05, 0) is 42.3 Å². The smallest absolute Gasteiger partial charge is 0.0361 e. The van der Waals surface area contributed by atoms with Crippen LogP contribution in [0, 0.1) is 6.92 Å². The van der Waals surface area contributed by atoms with Gasteiger partial charge in [0.25, 0.3) is 0 Å². The number of benzene rings is 2. The van der Waals surface area contributed by atoms with Gasteiger partial charge in [-0.25, -0.2) is 0 Å². The first-order valence-electron chi connectivity index (χ1n) is 6.86. The van der Waals surface area contributed by atoms with E-state index in [0.29, 0.717) is 0 Å². The normalized spacial score (nSPS) is 10.7. The van der Waals surface area contributed by atoms with Crippen molar-refractivity contribution < 1.29 is 0 Å². The van der Waals surface area contributed by atoms with E-state index >= 15 is 0 Å². The monoisotopic (exact) mass is 267 g/mol. The van der Waals surface area contributed by atoms with Crippen LogP contribution < -0.4 is 9.80 Å². The fourth-order valence-corrected chi connectivity index (χ4v) is 2.20. The summed E-state index contributed by atoms with van der Waals surface area (Å²) >= 11 is 0. The number of nitrogens with zero attached hydrogens (tertiary/aromatic N) is 2. The molecule has 2 aromatic carbocycles. The molecule has 1 radical (unpaired) electrons. The standard InChI is InChI=1S/C18H23N2/c1-14(15-6-10-17(11-7-15)19(2)3)16-8-12-18(13-9-16)20(4)5/h6-14H,1H2,2-5H3. The van der Waals surface area contributed by atoms with Gasteiger partial charge < -0.3 is 9.80 Å². The molecule has 105 valence electrons. The highest BCUT2D eigenvalue weighted by molar-refractivity contribution is 5.50. The van der Waals surface area contributed by atoms with Crippen LogP contribution in [0.4, 0.5) is 11.4 Å². The number of anilines is 2. The third kappa shape index (κ3) is 3.13. The molecule has 0 fully saturated rings. The fourth-order valence-electron chi connectivity index (χ4n) is 2.20. The van der Waals surface area contributed by atoms with E-state index in [0.717, 1.165) is 0 Å². The molecule has 0 amide bonds. The number of hydrogen-bond acceptors (Lipinski definition) is 2. The lowest BCUT2D eigenvalue weighted by Crippen LogP contribution is -2.09. The first kappa shape index (κ1) is 14.4. The zero-order valence-electron chi connectivity index (χ0n) is 12.8. The molecule has 0 bridgehead atoms. The molecule has 2 aromatic rings. The van der Waals surface area contributed by atoms with E-state index in [1.54, 1.807) is 0 Å². The van der Waals surface area contributed by atoms with Crippen LogP contribution in [0.3, 0.4) is 0 Å². The molecule has 0 aliphatic rings. The van der Waals surface area contributed by atoms with Gasteiger partial charge in [-0.15, -0.1) is 0 Å². The summed E-state index contributed by atoms with van der Waals surface area (Å²) in [6.45, 7) is 4.30. The van der Waals surface area contributed by atoms with E-state index < -0.39 is 0 Å². The highest BCUT2D eigenvalue weighted by Crippen LogP contribution is 2.26. The summed E-state index contributed by atoms with van der Waals surface area (Å²) in [5.74, 6) is 0.169. The van der Waals surface area contributed by atoms with Crippen molar-refractivity contribution in [3.8, 4) is 0 Å². The zero-order chi connectivity index (χ0) is 14.7. The Kier molecular flexibility index (Phi) is 4.33. The van der Waals surface area contributed by atoms with Gasteiger partial charge in [0.15, 0.2) is 0 Å². The minimum Gasteiger partial charge on any atom is -0.378 e. The van der Waals surface area contributed by atoms with Gasteiger partial charge >= 0.3 is 0 Å². The second kappa shape index (κ2) is 6.00. The van der Waals surface area contributed by atoms with Crippen LogP contribution in [0.15, 0.2) is 48.5 Å². The highest BCUT2D eigenvalue weighted by Gasteiger charge is 2.09. The Morgan fingerprint density at radius 1 is 0.650 bits per heavy atom. The van der Waals surface area contributed by atoms with Gasteiger partial charge in [-0.2, -0.15) is 0 Å². The van der Waals surface area contributed by atoms with Crippen LogP contribution >= 0.6 is 0 Å². The van der Waals surface area contributed by atoms with Crippen molar-refractivity contribution in [3.05, 3.63) is 66.6 Å². The molecule has 0 spiro atoms. The second-order valence-electron chi connectivity index (χ2n) is 5.52. The van der Waals surface area contributed by atoms with Crippen LogP contribution in [0.2, 0.25) is 0 Å². The van der Waals surface area contributed by atoms with Crippen molar-refractivity contribution in [2.45, 2.75) is 5.92 Å². The highest BCUT2D eigenvalue weighted by atomic mass is 15.1. The molecule has 0 unspecified atom stereocenters. The third-order valence-electron chi connectivity index (χ3n) is 3.62. The Morgan fingerprint density at radius 2 is 0.950 bits per heavy atom. The molecule has 20 heavy (non-hydrogen) atoms. The lowest BCUT2D eigenvalue weighted by molar-refractivity contribution is 1.01. The predicted molar refractivity (Wildman–Crippen MR) is 88.7 cm³/mol. The summed E-state index contributed by atoms with van der Waals surface area (Å²) in [5, 5.41) is 0. The summed E-state index contributed by atoms with van der Waals surface area (Å²) in [4.78, 5) is 4.21. The van der Waals surface area contributed by atoms with E-state index in [2.05, 4.69) is 93.4 Å². The SMILES string of the molecule is [CH2]C(c1ccc(N(C)C)cc1)c1ccc(N(C)C)cc1. The molecule has 0 atom stereocenters. The van der Waals surface area contributed by atoms with Gasteiger partial charge in [0.2, 0.25) is 0 Å². The average Bonchev–Trinajstić information content (AvgIpc) is 2.46. The first-order chi connectivity index (χ1) is 9.49. The van der Waals surface area contributed by atoms with Crippen LogP contribution in [-0.2, 0) is 0 Å². The van der Waals surface area contributed by atoms with Crippen molar-refractivity contribution >= 4 is 11.4 Å². The van der Waals surface area contributed by atoms with Crippen molar-refractivity contribution in [1.29, 1.82) is 0 Å². The average molecular weight is 267 g/mol. The van der Waals surface area contributed by atoms with Gasteiger partial charge in [-0.1, -0.05) is 24.3 Å². The molecule has 0 saturated heterocycles. The van der Waals surface area contributed by atoms with Crippen molar-refractivity contribution in [1.82, 2.24) is 0 Å². The largest absolute Gasteiger partial charge is 0.378 e. The quantitative estimate of drug-likeness (QED) is 0.831. The van der Waals surface area contributed by atoms with Crippen LogP contribution in [0.5, 0.6) is 0 Å². The Labute approximate surface area is 122 Å². The first-order valence-corrected chi connectivity index (χ1v) is 6.86.